The zero-order valence-corrected chi connectivity index (χ0v) is 15.5. The number of carbonyl (C=O) groups is 1. The van der Waals surface area contributed by atoms with Gasteiger partial charge in [0, 0.05) is 22.2 Å². The molecule has 0 aromatic heterocycles. The maximum Gasteiger partial charge on any atom is 0.255 e. The minimum atomic E-state index is -0.179. The molecule has 0 fully saturated rings. The van der Waals surface area contributed by atoms with Crippen LogP contribution < -0.4 is 14.8 Å². The molecule has 0 saturated carbocycles. The number of halogens is 1. The van der Waals surface area contributed by atoms with Gasteiger partial charge in [-0.15, -0.1) is 0 Å². The lowest BCUT2D eigenvalue weighted by Crippen LogP contribution is -2.17. The lowest BCUT2D eigenvalue weighted by Gasteiger charge is -2.20. The molecule has 0 unspecified atom stereocenters. The summed E-state index contributed by atoms with van der Waals surface area (Å²) < 4.78 is 11.9. The minimum Gasteiger partial charge on any atom is -0.486 e. The molecule has 3 aromatic carbocycles. The van der Waals surface area contributed by atoms with Crippen LogP contribution in [-0.2, 0) is 0 Å². The van der Waals surface area contributed by atoms with Crippen LogP contribution in [0.1, 0.15) is 10.4 Å². The average Bonchev–Trinajstić information content (AvgIpc) is 2.69. The molecule has 1 aliphatic heterocycles. The van der Waals surface area contributed by atoms with Gasteiger partial charge in [0.2, 0.25) is 0 Å². The van der Waals surface area contributed by atoms with Crippen molar-refractivity contribution >= 4 is 27.5 Å². The van der Waals surface area contributed by atoms with Crippen molar-refractivity contribution in [3.63, 3.8) is 0 Å². The van der Waals surface area contributed by atoms with E-state index in [4.69, 9.17) is 9.47 Å². The standard InChI is InChI=1S/C21H16BrNO3/c22-17-12-19-20(26-11-10-25-19)13-18(17)23-21(24)16-8-6-15(7-9-16)14-4-2-1-3-5-14/h1-9,12-13H,10-11H2,(H,23,24). The van der Waals surface area contributed by atoms with Crippen LogP contribution in [0, 0.1) is 0 Å². The van der Waals surface area contributed by atoms with Crippen molar-refractivity contribution in [2.24, 2.45) is 0 Å². The van der Waals surface area contributed by atoms with Gasteiger partial charge in [0.1, 0.15) is 13.2 Å². The molecule has 5 heteroatoms. The van der Waals surface area contributed by atoms with Crippen molar-refractivity contribution in [1.29, 1.82) is 0 Å². The van der Waals surface area contributed by atoms with E-state index in [1.54, 1.807) is 6.07 Å². The highest BCUT2D eigenvalue weighted by Crippen LogP contribution is 2.38. The summed E-state index contributed by atoms with van der Waals surface area (Å²) in [6.07, 6.45) is 0. The van der Waals surface area contributed by atoms with Crippen LogP contribution in [0.4, 0.5) is 5.69 Å². The van der Waals surface area contributed by atoms with Crippen molar-refractivity contribution in [2.45, 2.75) is 0 Å². The van der Waals surface area contributed by atoms with Gasteiger partial charge in [0.25, 0.3) is 5.91 Å². The molecule has 0 saturated heterocycles. The molecule has 130 valence electrons. The molecule has 3 aromatic rings. The van der Waals surface area contributed by atoms with E-state index in [9.17, 15) is 4.79 Å². The Kier molecular flexibility index (Phi) is 4.63. The van der Waals surface area contributed by atoms with E-state index < -0.39 is 0 Å². The Morgan fingerprint density at radius 2 is 1.46 bits per heavy atom. The fourth-order valence-electron chi connectivity index (χ4n) is 2.80. The van der Waals surface area contributed by atoms with E-state index in [-0.39, 0.29) is 5.91 Å². The molecule has 1 aliphatic rings. The van der Waals surface area contributed by atoms with Crippen molar-refractivity contribution in [2.75, 3.05) is 18.5 Å². The molecule has 0 bridgehead atoms. The van der Waals surface area contributed by atoms with Gasteiger partial charge >= 0.3 is 0 Å². The van der Waals surface area contributed by atoms with Gasteiger partial charge < -0.3 is 14.8 Å². The first-order chi connectivity index (χ1) is 12.7. The zero-order chi connectivity index (χ0) is 17.9. The highest BCUT2D eigenvalue weighted by molar-refractivity contribution is 9.10. The summed E-state index contributed by atoms with van der Waals surface area (Å²) in [6.45, 7) is 1.03. The summed E-state index contributed by atoms with van der Waals surface area (Å²) >= 11 is 3.47. The number of benzene rings is 3. The largest absolute Gasteiger partial charge is 0.486 e. The maximum atomic E-state index is 12.6. The summed E-state index contributed by atoms with van der Waals surface area (Å²) in [7, 11) is 0. The quantitative estimate of drug-likeness (QED) is 0.651. The first-order valence-electron chi connectivity index (χ1n) is 8.27. The van der Waals surface area contributed by atoms with Crippen LogP contribution >= 0.6 is 15.9 Å². The third kappa shape index (κ3) is 3.44. The predicted octanol–water partition coefficient (Wildman–Crippen LogP) is 5.14. The Bertz CT molecular complexity index is 939. The molecule has 1 N–H and O–H groups in total. The Morgan fingerprint density at radius 1 is 0.846 bits per heavy atom. The summed E-state index contributed by atoms with van der Waals surface area (Å²) in [4.78, 5) is 12.6. The fraction of sp³-hybridized carbons (Fsp3) is 0.0952. The number of ether oxygens (including phenoxy) is 2. The van der Waals surface area contributed by atoms with Crippen molar-refractivity contribution in [1.82, 2.24) is 0 Å². The van der Waals surface area contributed by atoms with E-state index in [2.05, 4.69) is 21.2 Å². The van der Waals surface area contributed by atoms with E-state index in [1.165, 1.54) is 0 Å². The van der Waals surface area contributed by atoms with Crippen LogP contribution in [-0.4, -0.2) is 19.1 Å². The first kappa shape index (κ1) is 16.7. The number of amides is 1. The van der Waals surface area contributed by atoms with Crippen molar-refractivity contribution in [3.05, 3.63) is 76.8 Å². The van der Waals surface area contributed by atoms with Gasteiger partial charge in [-0.25, -0.2) is 0 Å². The second kappa shape index (κ2) is 7.22. The molecule has 1 heterocycles. The summed E-state index contributed by atoms with van der Waals surface area (Å²) in [5, 5.41) is 2.91. The fourth-order valence-corrected chi connectivity index (χ4v) is 3.22. The van der Waals surface area contributed by atoms with Gasteiger partial charge in [-0.05, 0) is 39.2 Å². The number of fused-ring (bicyclic) bond motifs is 1. The van der Waals surface area contributed by atoms with Gasteiger partial charge in [-0.1, -0.05) is 42.5 Å². The molecule has 4 nitrogen and oxygen atoms in total. The van der Waals surface area contributed by atoms with Crippen LogP contribution in [0.5, 0.6) is 11.5 Å². The smallest absolute Gasteiger partial charge is 0.255 e. The van der Waals surface area contributed by atoms with Crippen molar-refractivity contribution in [3.8, 4) is 22.6 Å². The molecular formula is C21H16BrNO3. The third-order valence-corrected chi connectivity index (χ3v) is 4.79. The van der Waals surface area contributed by atoms with Crippen LogP contribution in [0.15, 0.2) is 71.2 Å². The number of hydrogen-bond acceptors (Lipinski definition) is 3. The molecular weight excluding hydrogens is 394 g/mol. The molecule has 0 spiro atoms. The SMILES string of the molecule is O=C(Nc1cc2c(cc1Br)OCCO2)c1ccc(-c2ccccc2)cc1. The van der Waals surface area contributed by atoms with Crippen molar-refractivity contribution < 1.29 is 14.3 Å². The minimum absolute atomic E-state index is 0.179. The van der Waals surface area contributed by atoms with Crippen LogP contribution in [0.25, 0.3) is 11.1 Å². The molecule has 26 heavy (non-hydrogen) atoms. The van der Waals surface area contributed by atoms with E-state index in [1.807, 2.05) is 60.7 Å². The van der Waals surface area contributed by atoms with Crippen LogP contribution in [0.3, 0.4) is 0 Å². The highest BCUT2D eigenvalue weighted by Gasteiger charge is 2.16. The van der Waals surface area contributed by atoms with Gasteiger partial charge in [-0.3, -0.25) is 4.79 Å². The number of anilines is 1. The van der Waals surface area contributed by atoms with Crippen LogP contribution in [0.2, 0.25) is 0 Å². The van der Waals surface area contributed by atoms with Gasteiger partial charge in [0.05, 0.1) is 5.69 Å². The first-order valence-corrected chi connectivity index (χ1v) is 9.06. The number of rotatable bonds is 3. The predicted molar refractivity (Wildman–Crippen MR) is 105 cm³/mol. The Morgan fingerprint density at radius 3 is 2.15 bits per heavy atom. The summed E-state index contributed by atoms with van der Waals surface area (Å²) in [6, 6.07) is 21.2. The topological polar surface area (TPSA) is 47.6 Å². The molecule has 1 amide bonds. The molecule has 4 rings (SSSR count). The average molecular weight is 410 g/mol. The second-order valence-corrected chi connectivity index (χ2v) is 6.73. The normalized spacial score (nSPS) is 12.5. The highest BCUT2D eigenvalue weighted by atomic mass is 79.9. The number of hydrogen-bond donors (Lipinski definition) is 1. The number of carbonyl (C=O) groups excluding carboxylic acids is 1. The number of nitrogens with one attached hydrogen (secondary N) is 1. The summed E-state index contributed by atoms with van der Waals surface area (Å²) in [5.41, 5.74) is 3.43. The molecule has 0 radical (unpaired) electrons. The van der Waals surface area contributed by atoms with E-state index in [0.29, 0.717) is 36.0 Å². The lowest BCUT2D eigenvalue weighted by atomic mass is 10.0. The lowest BCUT2D eigenvalue weighted by molar-refractivity contribution is 0.102. The Hall–Kier alpha value is -2.79. The van der Waals surface area contributed by atoms with Gasteiger partial charge in [-0.2, -0.15) is 0 Å². The monoisotopic (exact) mass is 409 g/mol. The Labute approximate surface area is 159 Å². The maximum absolute atomic E-state index is 12.6. The Balaban J connectivity index is 1.53. The summed E-state index contributed by atoms with van der Waals surface area (Å²) in [5.74, 6) is 1.13. The van der Waals surface area contributed by atoms with Gasteiger partial charge in [0.15, 0.2) is 11.5 Å². The molecule has 0 aliphatic carbocycles. The van der Waals surface area contributed by atoms with E-state index >= 15 is 0 Å². The zero-order valence-electron chi connectivity index (χ0n) is 13.9. The third-order valence-electron chi connectivity index (χ3n) is 4.13. The second-order valence-electron chi connectivity index (χ2n) is 5.87. The molecule has 0 atom stereocenters. The van der Waals surface area contributed by atoms with E-state index in [0.717, 1.165) is 15.6 Å².